The minimum Gasteiger partial charge on any atom is -0.348 e. The molecular weight excluding hydrogens is 326 g/mol. The Bertz CT molecular complexity index is 705. The number of hydrogen-bond acceptors (Lipinski definition) is 3. The number of nitrogens with one attached hydrogen (secondary N) is 1. The summed E-state index contributed by atoms with van der Waals surface area (Å²) < 4.78 is 28.6. The van der Waals surface area contributed by atoms with Crippen LogP contribution >= 0.6 is 0 Å². The second-order valence-corrected chi connectivity index (χ2v) is 9.16. The second-order valence-electron chi connectivity index (χ2n) is 7.23. The minimum atomic E-state index is -3.50. The molecule has 1 N–H and O–H groups in total. The quantitative estimate of drug-likeness (QED) is 0.901. The summed E-state index contributed by atoms with van der Waals surface area (Å²) in [5.41, 5.74) is 0.408. The van der Waals surface area contributed by atoms with E-state index in [-0.39, 0.29) is 16.8 Å². The lowest BCUT2D eigenvalue weighted by molar-refractivity contribution is 0.0929. The SMILES string of the molecule is CC1CCC(NC(=O)c2cc(S(=O)(=O)N3CCCCC3)cn2C)C1. The van der Waals surface area contributed by atoms with E-state index in [1.165, 1.54) is 10.4 Å². The molecule has 1 saturated carbocycles. The first-order chi connectivity index (χ1) is 11.4. The van der Waals surface area contributed by atoms with E-state index in [1.807, 2.05) is 0 Å². The van der Waals surface area contributed by atoms with Crippen LogP contribution in [-0.2, 0) is 17.1 Å². The van der Waals surface area contributed by atoms with Crippen molar-refractivity contribution >= 4 is 15.9 Å². The van der Waals surface area contributed by atoms with Gasteiger partial charge in [0.2, 0.25) is 10.0 Å². The molecule has 7 heteroatoms. The van der Waals surface area contributed by atoms with Gasteiger partial charge in [0.25, 0.3) is 5.91 Å². The van der Waals surface area contributed by atoms with Gasteiger partial charge >= 0.3 is 0 Å². The molecule has 0 spiro atoms. The van der Waals surface area contributed by atoms with Crippen LogP contribution in [0.3, 0.4) is 0 Å². The summed E-state index contributed by atoms with van der Waals surface area (Å²) in [7, 11) is -1.78. The average Bonchev–Trinajstić information content (AvgIpc) is 3.14. The zero-order valence-electron chi connectivity index (χ0n) is 14.5. The van der Waals surface area contributed by atoms with E-state index in [0.717, 1.165) is 38.5 Å². The molecule has 2 aliphatic rings. The Labute approximate surface area is 144 Å². The minimum absolute atomic E-state index is 0.184. The van der Waals surface area contributed by atoms with Crippen LogP contribution in [0.5, 0.6) is 0 Å². The molecule has 1 aromatic rings. The van der Waals surface area contributed by atoms with Crippen LogP contribution in [0.4, 0.5) is 0 Å². The largest absolute Gasteiger partial charge is 0.348 e. The van der Waals surface area contributed by atoms with Crippen molar-refractivity contribution in [1.29, 1.82) is 0 Å². The molecule has 2 heterocycles. The summed E-state index contributed by atoms with van der Waals surface area (Å²) >= 11 is 0. The summed E-state index contributed by atoms with van der Waals surface area (Å²) in [5, 5.41) is 3.04. The third-order valence-electron chi connectivity index (χ3n) is 5.20. The molecule has 3 rings (SSSR count). The van der Waals surface area contributed by atoms with Crippen molar-refractivity contribution in [2.75, 3.05) is 13.1 Å². The maximum absolute atomic E-state index is 12.7. The van der Waals surface area contributed by atoms with Crippen molar-refractivity contribution in [3.8, 4) is 0 Å². The number of aromatic nitrogens is 1. The molecule has 1 aliphatic heterocycles. The van der Waals surface area contributed by atoms with Crippen molar-refractivity contribution in [3.63, 3.8) is 0 Å². The highest BCUT2D eigenvalue weighted by Crippen LogP contribution is 2.26. The Morgan fingerprint density at radius 3 is 2.54 bits per heavy atom. The average molecular weight is 353 g/mol. The van der Waals surface area contributed by atoms with Crippen molar-refractivity contribution in [1.82, 2.24) is 14.2 Å². The highest BCUT2D eigenvalue weighted by Gasteiger charge is 2.29. The van der Waals surface area contributed by atoms with Gasteiger partial charge < -0.3 is 9.88 Å². The highest BCUT2D eigenvalue weighted by atomic mass is 32.2. The Kier molecular flexibility index (Phi) is 5.01. The molecule has 1 amide bonds. The molecular formula is C17H27N3O3S. The first kappa shape index (κ1) is 17.5. The molecule has 2 fully saturated rings. The van der Waals surface area contributed by atoms with Gasteiger partial charge in [-0.25, -0.2) is 8.42 Å². The molecule has 1 aliphatic carbocycles. The fourth-order valence-electron chi connectivity index (χ4n) is 3.75. The third kappa shape index (κ3) is 3.52. The van der Waals surface area contributed by atoms with Gasteiger partial charge in [-0.15, -0.1) is 0 Å². The molecule has 0 radical (unpaired) electrons. The lowest BCUT2D eigenvalue weighted by atomic mass is 10.1. The number of amides is 1. The van der Waals surface area contributed by atoms with E-state index in [2.05, 4.69) is 12.2 Å². The van der Waals surface area contributed by atoms with Gasteiger partial charge in [0.05, 0.1) is 0 Å². The molecule has 24 heavy (non-hydrogen) atoms. The van der Waals surface area contributed by atoms with Crippen molar-refractivity contribution in [2.24, 2.45) is 13.0 Å². The lowest BCUT2D eigenvalue weighted by Gasteiger charge is -2.25. The van der Waals surface area contributed by atoms with Gasteiger partial charge in [-0.05, 0) is 44.1 Å². The van der Waals surface area contributed by atoms with E-state index in [0.29, 0.717) is 24.7 Å². The number of hydrogen-bond donors (Lipinski definition) is 1. The Hall–Kier alpha value is -1.34. The lowest BCUT2D eigenvalue weighted by Crippen LogP contribution is -2.35. The maximum atomic E-state index is 12.7. The zero-order valence-corrected chi connectivity index (χ0v) is 15.3. The molecule has 6 nitrogen and oxygen atoms in total. The van der Waals surface area contributed by atoms with Gasteiger partial charge in [-0.3, -0.25) is 4.79 Å². The van der Waals surface area contributed by atoms with Crippen LogP contribution in [0.2, 0.25) is 0 Å². The van der Waals surface area contributed by atoms with Gasteiger partial charge in [-0.2, -0.15) is 4.31 Å². The first-order valence-corrected chi connectivity index (χ1v) is 10.3. The molecule has 1 aromatic heterocycles. The van der Waals surface area contributed by atoms with Gasteiger partial charge in [0, 0.05) is 32.4 Å². The van der Waals surface area contributed by atoms with E-state index < -0.39 is 10.0 Å². The van der Waals surface area contributed by atoms with Crippen molar-refractivity contribution in [3.05, 3.63) is 18.0 Å². The molecule has 2 unspecified atom stereocenters. The predicted octanol–water partition coefficient (Wildman–Crippen LogP) is 2.12. The van der Waals surface area contributed by atoms with E-state index in [4.69, 9.17) is 0 Å². The number of sulfonamides is 1. The molecule has 2 atom stereocenters. The summed E-state index contributed by atoms with van der Waals surface area (Å²) in [6, 6.07) is 1.71. The Balaban J connectivity index is 1.75. The van der Waals surface area contributed by atoms with Gasteiger partial charge in [0.1, 0.15) is 10.6 Å². The van der Waals surface area contributed by atoms with Crippen LogP contribution in [0.15, 0.2) is 17.2 Å². The zero-order chi connectivity index (χ0) is 17.3. The molecule has 0 aromatic carbocycles. The van der Waals surface area contributed by atoms with E-state index >= 15 is 0 Å². The highest BCUT2D eigenvalue weighted by molar-refractivity contribution is 7.89. The van der Waals surface area contributed by atoms with Crippen LogP contribution in [0, 0.1) is 5.92 Å². The van der Waals surface area contributed by atoms with Crippen LogP contribution in [0.25, 0.3) is 0 Å². The van der Waals surface area contributed by atoms with E-state index in [1.54, 1.807) is 17.8 Å². The first-order valence-electron chi connectivity index (χ1n) is 8.85. The summed E-state index contributed by atoms with van der Waals surface area (Å²) in [6.45, 7) is 3.33. The van der Waals surface area contributed by atoms with Gasteiger partial charge in [0.15, 0.2) is 0 Å². The maximum Gasteiger partial charge on any atom is 0.268 e. The monoisotopic (exact) mass is 353 g/mol. The molecule has 1 saturated heterocycles. The number of piperidine rings is 1. The Morgan fingerprint density at radius 2 is 1.92 bits per heavy atom. The van der Waals surface area contributed by atoms with E-state index in [9.17, 15) is 13.2 Å². The normalized spacial score (nSPS) is 25.8. The number of nitrogens with zero attached hydrogens (tertiary/aromatic N) is 2. The summed E-state index contributed by atoms with van der Waals surface area (Å²) in [6.07, 6.45) is 7.56. The van der Waals surface area contributed by atoms with Crippen LogP contribution in [0.1, 0.15) is 55.9 Å². The third-order valence-corrected chi connectivity index (χ3v) is 7.06. The standard InChI is InChI=1S/C17H27N3O3S/c1-13-6-7-14(10-13)18-17(21)16-11-15(12-19(16)2)24(22,23)20-8-4-3-5-9-20/h11-14H,3-10H2,1-2H3,(H,18,21). The fourth-order valence-corrected chi connectivity index (χ4v) is 5.34. The van der Waals surface area contributed by atoms with Crippen molar-refractivity contribution < 1.29 is 13.2 Å². The van der Waals surface area contributed by atoms with Gasteiger partial charge in [-0.1, -0.05) is 13.3 Å². The summed E-state index contributed by atoms with van der Waals surface area (Å²) in [5.74, 6) is 0.454. The Morgan fingerprint density at radius 1 is 1.21 bits per heavy atom. The molecule has 134 valence electrons. The number of carbonyl (C=O) groups is 1. The van der Waals surface area contributed by atoms with Crippen molar-refractivity contribution in [2.45, 2.75) is 56.4 Å². The number of carbonyl (C=O) groups excluding carboxylic acids is 1. The fraction of sp³-hybridized carbons (Fsp3) is 0.706. The summed E-state index contributed by atoms with van der Waals surface area (Å²) in [4.78, 5) is 12.7. The predicted molar refractivity (Wildman–Crippen MR) is 92.3 cm³/mol. The number of aryl methyl sites for hydroxylation is 1. The smallest absolute Gasteiger partial charge is 0.268 e. The number of rotatable bonds is 4. The topological polar surface area (TPSA) is 71.4 Å². The second kappa shape index (κ2) is 6.88. The van der Waals surface area contributed by atoms with Crippen LogP contribution in [-0.4, -0.2) is 42.3 Å². The van der Waals surface area contributed by atoms with Crippen LogP contribution < -0.4 is 5.32 Å². The molecule has 0 bridgehead atoms.